The molecule has 1 aliphatic heterocycles. The van der Waals surface area contributed by atoms with E-state index < -0.39 is 12.6 Å². The van der Waals surface area contributed by atoms with Crippen LogP contribution in [0.3, 0.4) is 0 Å². The molecule has 2 heterocycles. The summed E-state index contributed by atoms with van der Waals surface area (Å²) in [5, 5.41) is 28.0. The van der Waals surface area contributed by atoms with Gasteiger partial charge in [-0.05, 0) is 32.8 Å². The summed E-state index contributed by atoms with van der Waals surface area (Å²) in [4.78, 5) is 13.0. The minimum absolute atomic E-state index is 0.0799. The van der Waals surface area contributed by atoms with Gasteiger partial charge in [-0.3, -0.25) is 5.32 Å². The zero-order valence-corrected chi connectivity index (χ0v) is 21.8. The highest BCUT2D eigenvalue weighted by Crippen LogP contribution is 2.42. The van der Waals surface area contributed by atoms with Crippen molar-refractivity contribution in [2.24, 2.45) is 0 Å². The molecule has 2 aromatic rings. The summed E-state index contributed by atoms with van der Waals surface area (Å²) in [5.41, 5.74) is 3.59. The van der Waals surface area contributed by atoms with Crippen LogP contribution in [0, 0.1) is 13.8 Å². The average Bonchev–Trinajstić information content (AvgIpc) is 2.88. The number of benzene rings is 1. The molecule has 36 heavy (non-hydrogen) atoms. The average molecular weight is 499 g/mol. The first-order chi connectivity index (χ1) is 17.3. The van der Waals surface area contributed by atoms with Gasteiger partial charge in [0.15, 0.2) is 0 Å². The molecule has 0 radical (unpaired) electrons. The number of aliphatic hydroxyl groups is 2. The van der Waals surface area contributed by atoms with Gasteiger partial charge in [0.05, 0.1) is 26.5 Å². The number of fused-ring (bicyclic) bond motifs is 1. The molecule has 1 saturated carbocycles. The lowest BCUT2D eigenvalue weighted by atomic mass is 9.90. The van der Waals surface area contributed by atoms with E-state index in [9.17, 15) is 10.2 Å². The second kappa shape index (κ2) is 10.9. The van der Waals surface area contributed by atoms with Crippen molar-refractivity contribution in [3.8, 4) is 11.5 Å². The van der Waals surface area contributed by atoms with Crippen LogP contribution in [0.5, 0.6) is 11.5 Å². The smallest absolute Gasteiger partial charge is 0.224 e. The fraction of sp³-hybridized carbons (Fsp3) is 0.538. The van der Waals surface area contributed by atoms with Gasteiger partial charge in [0.1, 0.15) is 23.5 Å². The molecule has 2 aliphatic rings. The summed E-state index contributed by atoms with van der Waals surface area (Å²) >= 11 is 0. The van der Waals surface area contributed by atoms with Crippen molar-refractivity contribution in [2.45, 2.75) is 70.7 Å². The topological polar surface area (TPSA) is 115 Å². The Hall–Kier alpha value is -3.08. The number of anilines is 3. The second-order valence-corrected chi connectivity index (χ2v) is 9.50. The lowest BCUT2D eigenvalue weighted by Gasteiger charge is -2.42. The maximum atomic E-state index is 11.3. The quantitative estimate of drug-likeness (QED) is 0.320. The van der Waals surface area contributed by atoms with Crippen LogP contribution < -0.4 is 29.9 Å². The third kappa shape index (κ3) is 4.93. The molecule has 0 saturated heterocycles. The van der Waals surface area contributed by atoms with Gasteiger partial charge in [-0.15, -0.1) is 0 Å². The standard InChI is InChI=1S/C26H38N6O4/c1-7-22(33)28-18-10-8-9-11-19(18)29-25-27-13-17-14-32(26(34)31(4)24(17)30-25)23-15(2)20(35-5)12-21(36-6)16(23)3/h7,12-13,18-19,22,26,28,33-34H,1,8-11,14H2,2-6H3,(H,27,29,30)/t18-,19+,22?,26?/m0/s1. The Morgan fingerprint density at radius 1 is 1.14 bits per heavy atom. The Bertz CT molecular complexity index is 1070. The number of methoxy groups -OCH3 is 2. The third-order valence-corrected chi connectivity index (χ3v) is 7.27. The van der Waals surface area contributed by atoms with Crippen LogP contribution in [0.2, 0.25) is 0 Å². The summed E-state index contributed by atoms with van der Waals surface area (Å²) in [6, 6.07) is 2.03. The monoisotopic (exact) mass is 498 g/mol. The SMILES string of the molecule is C=CC(O)N[C@H]1CCCC[C@H]1Nc1ncc2c(n1)N(C)C(O)N(c1c(C)c(OC)cc(OC)c1C)C2. The maximum Gasteiger partial charge on any atom is 0.224 e. The van der Waals surface area contributed by atoms with Crippen molar-refractivity contribution < 1.29 is 19.7 Å². The first-order valence-electron chi connectivity index (χ1n) is 12.4. The molecule has 4 N–H and O–H groups in total. The molecule has 1 aliphatic carbocycles. The predicted octanol–water partition coefficient (Wildman–Crippen LogP) is 2.66. The van der Waals surface area contributed by atoms with E-state index in [0.717, 1.165) is 48.1 Å². The molecule has 4 rings (SSSR count). The molecule has 196 valence electrons. The van der Waals surface area contributed by atoms with Crippen LogP contribution in [-0.2, 0) is 6.54 Å². The van der Waals surface area contributed by atoms with Crippen molar-refractivity contribution in [1.82, 2.24) is 15.3 Å². The Labute approximate surface area is 213 Å². The molecular weight excluding hydrogens is 460 g/mol. The molecule has 0 amide bonds. The molecule has 1 aromatic heterocycles. The van der Waals surface area contributed by atoms with Gasteiger partial charge in [-0.1, -0.05) is 19.4 Å². The third-order valence-electron chi connectivity index (χ3n) is 7.27. The van der Waals surface area contributed by atoms with E-state index in [1.165, 1.54) is 6.08 Å². The van der Waals surface area contributed by atoms with Gasteiger partial charge in [0.2, 0.25) is 12.3 Å². The highest BCUT2D eigenvalue weighted by Gasteiger charge is 2.34. The highest BCUT2D eigenvalue weighted by molar-refractivity contribution is 5.71. The van der Waals surface area contributed by atoms with Gasteiger partial charge >= 0.3 is 0 Å². The van der Waals surface area contributed by atoms with Crippen LogP contribution in [0.25, 0.3) is 0 Å². The van der Waals surface area contributed by atoms with Crippen LogP contribution in [-0.4, -0.2) is 66.1 Å². The lowest BCUT2D eigenvalue weighted by molar-refractivity contribution is 0.151. The Balaban J connectivity index is 1.61. The van der Waals surface area contributed by atoms with Gasteiger partial charge in [0, 0.05) is 48.1 Å². The fourth-order valence-corrected chi connectivity index (χ4v) is 5.32. The largest absolute Gasteiger partial charge is 0.496 e. The molecule has 0 bridgehead atoms. The summed E-state index contributed by atoms with van der Waals surface area (Å²) in [7, 11) is 5.07. The maximum absolute atomic E-state index is 11.3. The van der Waals surface area contributed by atoms with Crippen molar-refractivity contribution >= 4 is 17.5 Å². The lowest BCUT2D eigenvalue weighted by Crippen LogP contribution is -2.52. The van der Waals surface area contributed by atoms with Gasteiger partial charge in [0.25, 0.3) is 0 Å². The number of ether oxygens (including phenoxy) is 2. The number of hydrogen-bond donors (Lipinski definition) is 4. The van der Waals surface area contributed by atoms with E-state index in [1.807, 2.05) is 38.1 Å². The zero-order valence-electron chi connectivity index (χ0n) is 21.8. The number of aliphatic hydroxyl groups excluding tert-OH is 2. The summed E-state index contributed by atoms with van der Waals surface area (Å²) < 4.78 is 11.1. The predicted molar refractivity (Wildman–Crippen MR) is 141 cm³/mol. The van der Waals surface area contributed by atoms with E-state index in [-0.39, 0.29) is 12.1 Å². The van der Waals surface area contributed by atoms with Crippen molar-refractivity contribution in [3.05, 3.63) is 41.6 Å². The molecule has 1 aromatic carbocycles. The van der Waals surface area contributed by atoms with E-state index in [2.05, 4.69) is 22.2 Å². The number of rotatable bonds is 8. The van der Waals surface area contributed by atoms with Crippen LogP contribution >= 0.6 is 0 Å². The molecule has 4 atom stereocenters. The molecule has 0 spiro atoms. The van der Waals surface area contributed by atoms with E-state index >= 15 is 0 Å². The number of hydrogen-bond acceptors (Lipinski definition) is 10. The molecule has 2 unspecified atom stereocenters. The Morgan fingerprint density at radius 2 is 1.78 bits per heavy atom. The van der Waals surface area contributed by atoms with Crippen molar-refractivity contribution in [2.75, 3.05) is 36.4 Å². The molecule has 1 fully saturated rings. The van der Waals surface area contributed by atoms with Crippen molar-refractivity contribution in [3.63, 3.8) is 0 Å². The Kier molecular flexibility index (Phi) is 7.87. The Morgan fingerprint density at radius 3 is 2.39 bits per heavy atom. The van der Waals surface area contributed by atoms with Crippen LogP contribution in [0.4, 0.5) is 17.5 Å². The second-order valence-electron chi connectivity index (χ2n) is 9.50. The zero-order chi connectivity index (χ0) is 26.0. The summed E-state index contributed by atoms with van der Waals surface area (Å²) in [5.74, 6) is 2.57. The van der Waals surface area contributed by atoms with Gasteiger partial charge in [-0.2, -0.15) is 4.98 Å². The van der Waals surface area contributed by atoms with E-state index in [4.69, 9.17) is 14.5 Å². The van der Waals surface area contributed by atoms with Crippen LogP contribution in [0.1, 0.15) is 42.4 Å². The normalized spacial score (nSPS) is 22.6. The molecule has 10 nitrogen and oxygen atoms in total. The van der Waals surface area contributed by atoms with Gasteiger partial charge < -0.3 is 34.8 Å². The van der Waals surface area contributed by atoms with Crippen LogP contribution in [0.15, 0.2) is 24.9 Å². The fourth-order valence-electron chi connectivity index (χ4n) is 5.32. The van der Waals surface area contributed by atoms with E-state index in [0.29, 0.717) is 29.8 Å². The summed E-state index contributed by atoms with van der Waals surface area (Å²) in [6.45, 7) is 8.03. The summed E-state index contributed by atoms with van der Waals surface area (Å²) in [6.07, 6.45) is 5.70. The van der Waals surface area contributed by atoms with E-state index in [1.54, 1.807) is 19.1 Å². The highest BCUT2D eigenvalue weighted by atomic mass is 16.5. The minimum Gasteiger partial charge on any atom is -0.496 e. The number of nitrogens with zero attached hydrogens (tertiary/aromatic N) is 4. The van der Waals surface area contributed by atoms with Crippen molar-refractivity contribution in [1.29, 1.82) is 0 Å². The molecular formula is C26H38N6O4. The molecule has 10 heteroatoms. The number of aromatic nitrogens is 2. The first kappa shape index (κ1) is 26.0. The first-order valence-corrected chi connectivity index (χ1v) is 12.4. The number of nitrogens with one attached hydrogen (secondary N) is 2. The minimum atomic E-state index is -0.943. The van der Waals surface area contributed by atoms with Gasteiger partial charge in [-0.25, -0.2) is 4.98 Å².